The number of alkyl halides is 12. The second-order valence-corrected chi connectivity index (χ2v) is 18.7. The number of oxazole rings is 4. The maximum absolute atomic E-state index is 15.3. The summed E-state index contributed by atoms with van der Waals surface area (Å²) in [7, 11) is 0. The van der Waals surface area contributed by atoms with Gasteiger partial charge in [-0.2, -0.15) is 52.7 Å². The van der Waals surface area contributed by atoms with Gasteiger partial charge < -0.3 is 17.7 Å². The lowest BCUT2D eigenvalue weighted by atomic mass is 9.72. The molecule has 0 spiro atoms. The molecule has 0 bridgehead atoms. The van der Waals surface area contributed by atoms with Crippen LogP contribution < -0.4 is 0 Å². The molecule has 0 aliphatic rings. The molecule has 0 radical (unpaired) electrons. The summed E-state index contributed by atoms with van der Waals surface area (Å²) in [4.78, 5) is 17.6. The number of benzene rings is 8. The van der Waals surface area contributed by atoms with E-state index < -0.39 is 57.8 Å². The number of halogens is 12. The average Bonchev–Trinajstić information content (AvgIpc) is 4.26. The second kappa shape index (κ2) is 17.3. The van der Waals surface area contributed by atoms with Gasteiger partial charge in [0.15, 0.2) is 28.2 Å². The fourth-order valence-corrected chi connectivity index (χ4v) is 10.1. The Kier molecular flexibility index (Phi) is 11.1. The summed E-state index contributed by atoms with van der Waals surface area (Å²) < 4.78 is 203. The van der Waals surface area contributed by atoms with E-state index in [1.54, 1.807) is 61.5 Å². The predicted octanol–water partition coefficient (Wildman–Crippen LogP) is 17.5. The summed E-state index contributed by atoms with van der Waals surface area (Å²) >= 11 is 0. The van der Waals surface area contributed by atoms with Gasteiger partial charge in [-0.3, -0.25) is 0 Å². The third-order valence-electron chi connectivity index (χ3n) is 14.0. The topological polar surface area (TPSA) is 104 Å². The molecule has 0 aliphatic heterocycles. The zero-order chi connectivity index (χ0) is 54.9. The molecule has 0 atom stereocenters. The highest BCUT2D eigenvalue weighted by Gasteiger charge is 2.73. The van der Waals surface area contributed by atoms with Gasteiger partial charge in [-0.15, -0.1) is 0 Å². The van der Waals surface area contributed by atoms with Crippen molar-refractivity contribution >= 4 is 55.2 Å². The Bertz CT molecular complexity index is 4180. The molecule has 8 aromatic carbocycles. The zero-order valence-electron chi connectivity index (χ0n) is 40.0. The molecule has 0 fully saturated rings. The van der Waals surface area contributed by atoms with Gasteiger partial charge in [0, 0.05) is 23.6 Å². The molecule has 0 saturated carbocycles. The van der Waals surface area contributed by atoms with E-state index in [2.05, 4.69) is 19.9 Å². The second-order valence-electron chi connectivity index (χ2n) is 18.7. The van der Waals surface area contributed by atoms with E-state index >= 15 is 26.3 Å². The molecule has 12 aromatic rings. The lowest BCUT2D eigenvalue weighted by Gasteiger charge is -2.38. The Morgan fingerprint density at radius 1 is 0.295 bits per heavy atom. The highest BCUT2D eigenvalue weighted by Crippen LogP contribution is 2.58. The largest absolute Gasteiger partial charge is 0.441 e. The Morgan fingerprint density at radius 2 is 0.590 bits per heavy atom. The van der Waals surface area contributed by atoms with E-state index in [-0.39, 0.29) is 56.6 Å². The number of nitrogens with zero attached hydrogens (tertiary/aromatic N) is 4. The maximum Gasteiger partial charge on any atom is 0.411 e. The van der Waals surface area contributed by atoms with Crippen LogP contribution in [-0.2, 0) is 10.8 Å². The van der Waals surface area contributed by atoms with Crippen LogP contribution in [0.3, 0.4) is 0 Å². The van der Waals surface area contributed by atoms with Crippen molar-refractivity contribution in [1.82, 2.24) is 19.9 Å². The maximum atomic E-state index is 15.3. The highest BCUT2D eigenvalue weighted by molar-refractivity contribution is 6.01. The summed E-state index contributed by atoms with van der Waals surface area (Å²) in [6, 6.07) is 31.5. The number of aryl methyl sites for hydroxylation is 2. The van der Waals surface area contributed by atoms with Crippen LogP contribution in [0.5, 0.6) is 0 Å². The fourth-order valence-electron chi connectivity index (χ4n) is 10.1. The van der Waals surface area contributed by atoms with Crippen molar-refractivity contribution < 1.29 is 70.4 Å². The molecule has 0 unspecified atom stereocenters. The summed E-state index contributed by atoms with van der Waals surface area (Å²) in [6.07, 6.45) is -23.3. The van der Waals surface area contributed by atoms with Crippen molar-refractivity contribution in [3.05, 3.63) is 191 Å². The SMILES string of the molecule is Cc1ccc(C(c2ccc(-c3nc4cc5cc6nc(-c7ccc(C(c8ccc(-c9nc%10ccc(-c%11ccc%12nc(C)oc%12c%11)cc%10o9)cc8)(C(F)(F)F)C(F)(F)F)cc7)oc6cc5cc4o3)cc2)(C(F)(F)F)C(F)(F)F)cc1. The molecule has 8 nitrogen and oxygen atoms in total. The molecule has 0 amide bonds. The minimum Gasteiger partial charge on any atom is -0.441 e. The van der Waals surface area contributed by atoms with Gasteiger partial charge in [0.2, 0.25) is 28.5 Å². The van der Waals surface area contributed by atoms with Crippen LogP contribution in [0, 0.1) is 13.8 Å². The molecule has 0 saturated heterocycles. The van der Waals surface area contributed by atoms with E-state index in [4.69, 9.17) is 17.7 Å². The van der Waals surface area contributed by atoms with Gasteiger partial charge in [-0.05, 0) is 136 Å². The number of aromatic nitrogens is 4. The number of hydrogen-bond donors (Lipinski definition) is 0. The molecule has 12 rings (SSSR count). The zero-order valence-corrected chi connectivity index (χ0v) is 40.0. The highest BCUT2D eigenvalue weighted by atomic mass is 19.4. The quantitative estimate of drug-likeness (QED) is 0.139. The Morgan fingerprint density at radius 3 is 0.962 bits per heavy atom. The van der Waals surface area contributed by atoms with Crippen molar-refractivity contribution in [2.75, 3.05) is 0 Å². The molecule has 4 aromatic heterocycles. The molecular formula is C58H32F12N4O4. The normalized spacial score (nSPS) is 13.3. The fraction of sp³-hybridized carbons (Fsp3) is 0.138. The number of fused-ring (bicyclic) bond motifs is 5. The van der Waals surface area contributed by atoms with Gasteiger partial charge >= 0.3 is 24.7 Å². The first-order chi connectivity index (χ1) is 36.9. The van der Waals surface area contributed by atoms with E-state index in [0.717, 1.165) is 83.9 Å². The van der Waals surface area contributed by atoms with E-state index in [1.165, 1.54) is 19.1 Å². The van der Waals surface area contributed by atoms with Crippen LogP contribution in [0.25, 0.3) is 101 Å². The summed E-state index contributed by atoms with van der Waals surface area (Å²) in [5.74, 6) is 0.219. The molecule has 0 N–H and O–H groups in total. The summed E-state index contributed by atoms with van der Waals surface area (Å²) in [5.41, 5.74) is -8.11. The lowest BCUT2D eigenvalue weighted by molar-refractivity contribution is -0.290. The Labute approximate surface area is 430 Å². The Hall–Kier alpha value is -8.94. The predicted molar refractivity (Wildman–Crippen MR) is 264 cm³/mol. The smallest absolute Gasteiger partial charge is 0.411 e. The van der Waals surface area contributed by atoms with Crippen molar-refractivity contribution in [1.29, 1.82) is 0 Å². The minimum absolute atomic E-state index is 0.0342. The monoisotopic (exact) mass is 1080 g/mol. The third-order valence-corrected chi connectivity index (χ3v) is 14.0. The first kappa shape index (κ1) is 49.9. The standard InChI is InChI=1S/C58H32F12N4O4/c1-29-3-13-38(14-4-29)53(55(59,60)61,56(62,63)64)39-17-7-32(8-18-39)51-73-44-23-36-24-45-49(28-37(36)27-48(44)77-51)78-52(74-45)33-9-19-41(20-10-33)54(57(65,66)67,58(68,69)70)40-15-5-31(6-16-40)50-72-43-22-12-35(26-47(43)76-50)34-11-21-42-46(25-34)75-30(2)71-42/h3-28H,1-2H3. The summed E-state index contributed by atoms with van der Waals surface area (Å²) in [6.45, 7) is 3.26. The van der Waals surface area contributed by atoms with Gasteiger partial charge in [0.05, 0.1) is 0 Å². The van der Waals surface area contributed by atoms with Crippen LogP contribution >= 0.6 is 0 Å². The van der Waals surface area contributed by atoms with Crippen LogP contribution in [0.15, 0.2) is 175 Å². The van der Waals surface area contributed by atoms with Gasteiger partial charge in [0.25, 0.3) is 0 Å². The van der Waals surface area contributed by atoms with Gasteiger partial charge in [-0.1, -0.05) is 78.4 Å². The van der Waals surface area contributed by atoms with Crippen LogP contribution in [0.2, 0.25) is 0 Å². The molecule has 0 aliphatic carbocycles. The Balaban J connectivity index is 0.820. The van der Waals surface area contributed by atoms with E-state index in [1.807, 2.05) is 6.07 Å². The third kappa shape index (κ3) is 7.85. The van der Waals surface area contributed by atoms with E-state index in [0.29, 0.717) is 56.6 Å². The molecular weight excluding hydrogens is 1040 g/mol. The number of rotatable bonds is 8. The first-order valence-corrected chi connectivity index (χ1v) is 23.5. The first-order valence-electron chi connectivity index (χ1n) is 23.5. The number of hydrogen-bond acceptors (Lipinski definition) is 8. The van der Waals surface area contributed by atoms with Crippen LogP contribution in [0.4, 0.5) is 52.7 Å². The summed E-state index contributed by atoms with van der Waals surface area (Å²) in [5, 5.41) is 1.01. The molecule has 4 heterocycles. The minimum atomic E-state index is -5.89. The van der Waals surface area contributed by atoms with Crippen molar-refractivity contribution in [3.8, 4) is 45.5 Å². The molecule has 392 valence electrons. The van der Waals surface area contributed by atoms with Crippen molar-refractivity contribution in [3.63, 3.8) is 0 Å². The van der Waals surface area contributed by atoms with Crippen LogP contribution in [0.1, 0.15) is 33.7 Å². The van der Waals surface area contributed by atoms with Crippen molar-refractivity contribution in [2.24, 2.45) is 0 Å². The van der Waals surface area contributed by atoms with Gasteiger partial charge in [-0.25, -0.2) is 19.9 Å². The lowest BCUT2D eigenvalue weighted by Crippen LogP contribution is -2.54. The molecule has 78 heavy (non-hydrogen) atoms. The molecule has 20 heteroatoms. The van der Waals surface area contributed by atoms with Gasteiger partial charge in [0.1, 0.15) is 22.1 Å². The van der Waals surface area contributed by atoms with E-state index in [9.17, 15) is 26.3 Å². The van der Waals surface area contributed by atoms with Crippen molar-refractivity contribution in [2.45, 2.75) is 49.4 Å². The van der Waals surface area contributed by atoms with Crippen LogP contribution in [-0.4, -0.2) is 44.6 Å². The average molecular weight is 1080 g/mol.